The zero-order valence-electron chi connectivity index (χ0n) is 12.3. The van der Waals surface area contributed by atoms with Crippen LogP contribution in [0.15, 0.2) is 36.7 Å². The molecular formula is C16H17N3O3. The monoisotopic (exact) mass is 299 g/mol. The van der Waals surface area contributed by atoms with Gasteiger partial charge in [0.25, 0.3) is 0 Å². The van der Waals surface area contributed by atoms with Crippen LogP contribution < -0.4 is 10.1 Å². The number of rotatable bonds is 4. The predicted octanol–water partition coefficient (Wildman–Crippen LogP) is 2.13. The van der Waals surface area contributed by atoms with Crippen molar-refractivity contribution in [3.63, 3.8) is 0 Å². The van der Waals surface area contributed by atoms with Gasteiger partial charge in [0.1, 0.15) is 17.9 Å². The quantitative estimate of drug-likeness (QED) is 0.936. The summed E-state index contributed by atoms with van der Waals surface area (Å²) < 4.78 is 10.4. The highest BCUT2D eigenvalue weighted by molar-refractivity contribution is 5.92. The first kappa shape index (κ1) is 14.5. The van der Waals surface area contributed by atoms with Gasteiger partial charge in [-0.3, -0.25) is 4.79 Å². The molecule has 1 aromatic heterocycles. The second kappa shape index (κ2) is 6.53. The molecule has 0 spiro atoms. The molecule has 1 unspecified atom stereocenters. The van der Waals surface area contributed by atoms with Gasteiger partial charge in [0.05, 0.1) is 25.3 Å². The van der Waals surface area contributed by atoms with Gasteiger partial charge in [-0.25, -0.2) is 9.97 Å². The van der Waals surface area contributed by atoms with Gasteiger partial charge < -0.3 is 14.8 Å². The Labute approximate surface area is 128 Å². The van der Waals surface area contributed by atoms with Crippen LogP contribution in [0.2, 0.25) is 0 Å². The second-order valence-corrected chi connectivity index (χ2v) is 5.07. The molecular weight excluding hydrogens is 282 g/mol. The van der Waals surface area contributed by atoms with E-state index in [0.717, 1.165) is 23.4 Å². The van der Waals surface area contributed by atoms with Gasteiger partial charge in [0.15, 0.2) is 0 Å². The number of carbonyl (C=O) groups excluding carboxylic acids is 1. The van der Waals surface area contributed by atoms with E-state index in [1.807, 2.05) is 24.3 Å². The average molecular weight is 299 g/mol. The van der Waals surface area contributed by atoms with E-state index in [0.29, 0.717) is 19.0 Å². The SMILES string of the molecule is COc1ccc(-c2cc(NC(=O)C3CCOC3)ncn2)cc1. The Kier molecular flexibility index (Phi) is 4.29. The number of ether oxygens (including phenoxy) is 2. The highest BCUT2D eigenvalue weighted by atomic mass is 16.5. The Hall–Kier alpha value is -2.47. The summed E-state index contributed by atoms with van der Waals surface area (Å²) in [6, 6.07) is 9.32. The highest BCUT2D eigenvalue weighted by Crippen LogP contribution is 2.22. The Morgan fingerprint density at radius 2 is 2.14 bits per heavy atom. The molecule has 1 fully saturated rings. The predicted molar refractivity (Wildman–Crippen MR) is 81.6 cm³/mol. The fourth-order valence-corrected chi connectivity index (χ4v) is 2.31. The molecule has 1 atom stereocenters. The Bertz CT molecular complexity index is 652. The molecule has 1 aliphatic heterocycles. The van der Waals surface area contributed by atoms with Crippen molar-refractivity contribution in [3.8, 4) is 17.0 Å². The van der Waals surface area contributed by atoms with E-state index in [1.165, 1.54) is 6.33 Å². The fourth-order valence-electron chi connectivity index (χ4n) is 2.31. The lowest BCUT2D eigenvalue weighted by atomic mass is 10.1. The van der Waals surface area contributed by atoms with E-state index in [9.17, 15) is 4.79 Å². The van der Waals surface area contributed by atoms with E-state index in [1.54, 1.807) is 13.2 Å². The largest absolute Gasteiger partial charge is 0.497 e. The maximum absolute atomic E-state index is 12.1. The summed E-state index contributed by atoms with van der Waals surface area (Å²) in [4.78, 5) is 20.4. The Balaban J connectivity index is 1.75. The molecule has 6 heteroatoms. The summed E-state index contributed by atoms with van der Waals surface area (Å²) in [6.07, 6.45) is 2.20. The first-order chi connectivity index (χ1) is 10.8. The summed E-state index contributed by atoms with van der Waals surface area (Å²) in [7, 11) is 1.63. The number of hydrogen-bond acceptors (Lipinski definition) is 5. The maximum atomic E-state index is 12.1. The highest BCUT2D eigenvalue weighted by Gasteiger charge is 2.23. The van der Waals surface area contributed by atoms with E-state index in [-0.39, 0.29) is 11.8 Å². The molecule has 114 valence electrons. The summed E-state index contributed by atoms with van der Waals surface area (Å²) in [5.74, 6) is 1.13. The molecule has 0 aliphatic carbocycles. The van der Waals surface area contributed by atoms with Crippen molar-refractivity contribution in [1.29, 1.82) is 0 Å². The number of nitrogens with zero attached hydrogens (tertiary/aromatic N) is 2. The lowest BCUT2D eigenvalue weighted by molar-refractivity contribution is -0.119. The zero-order valence-corrected chi connectivity index (χ0v) is 12.3. The summed E-state index contributed by atoms with van der Waals surface area (Å²) in [5, 5.41) is 2.82. The normalized spacial score (nSPS) is 17.2. The van der Waals surface area contributed by atoms with E-state index in [4.69, 9.17) is 9.47 Å². The topological polar surface area (TPSA) is 73.3 Å². The minimum atomic E-state index is -0.0978. The van der Waals surface area contributed by atoms with Crippen molar-refractivity contribution >= 4 is 11.7 Å². The molecule has 1 N–H and O–H groups in total. The van der Waals surface area contributed by atoms with Crippen LogP contribution in [0.4, 0.5) is 5.82 Å². The van der Waals surface area contributed by atoms with Gasteiger partial charge in [-0.1, -0.05) is 0 Å². The standard InChI is InChI=1S/C16H17N3O3/c1-21-13-4-2-11(3-5-13)14-8-15(18-10-17-14)19-16(20)12-6-7-22-9-12/h2-5,8,10,12H,6-7,9H2,1H3,(H,17,18,19,20). The van der Waals surface area contributed by atoms with E-state index >= 15 is 0 Å². The number of benzene rings is 1. The molecule has 3 rings (SSSR count). The number of methoxy groups -OCH3 is 1. The third-order valence-electron chi connectivity index (χ3n) is 3.60. The molecule has 6 nitrogen and oxygen atoms in total. The lowest BCUT2D eigenvalue weighted by Gasteiger charge is -2.09. The van der Waals surface area contributed by atoms with Crippen molar-refractivity contribution in [3.05, 3.63) is 36.7 Å². The molecule has 2 aromatic rings. The number of nitrogens with one attached hydrogen (secondary N) is 1. The summed E-state index contributed by atoms with van der Waals surface area (Å²) in [6.45, 7) is 1.11. The molecule has 1 aliphatic rings. The third kappa shape index (κ3) is 3.23. The van der Waals surface area contributed by atoms with Crippen molar-refractivity contribution in [2.24, 2.45) is 5.92 Å². The van der Waals surface area contributed by atoms with Crippen LogP contribution >= 0.6 is 0 Å². The van der Waals surface area contributed by atoms with Crippen molar-refractivity contribution in [2.75, 3.05) is 25.6 Å². The van der Waals surface area contributed by atoms with Crippen LogP contribution in [0.1, 0.15) is 6.42 Å². The molecule has 2 heterocycles. The van der Waals surface area contributed by atoms with Gasteiger partial charge in [-0.05, 0) is 30.7 Å². The zero-order chi connectivity index (χ0) is 15.4. The minimum absolute atomic E-state index is 0.0584. The van der Waals surface area contributed by atoms with E-state index in [2.05, 4.69) is 15.3 Å². The average Bonchev–Trinajstić information content (AvgIpc) is 3.10. The number of anilines is 1. The van der Waals surface area contributed by atoms with Crippen molar-refractivity contribution < 1.29 is 14.3 Å². The van der Waals surface area contributed by atoms with Crippen LogP contribution in [-0.2, 0) is 9.53 Å². The van der Waals surface area contributed by atoms with Crippen molar-refractivity contribution in [2.45, 2.75) is 6.42 Å². The first-order valence-corrected chi connectivity index (χ1v) is 7.11. The minimum Gasteiger partial charge on any atom is -0.497 e. The molecule has 22 heavy (non-hydrogen) atoms. The molecule has 1 amide bonds. The Morgan fingerprint density at radius 3 is 2.82 bits per heavy atom. The molecule has 1 aromatic carbocycles. The molecule has 0 bridgehead atoms. The summed E-state index contributed by atoms with van der Waals surface area (Å²) >= 11 is 0. The lowest BCUT2D eigenvalue weighted by Crippen LogP contribution is -2.23. The third-order valence-corrected chi connectivity index (χ3v) is 3.60. The van der Waals surface area contributed by atoms with Crippen LogP contribution in [0, 0.1) is 5.92 Å². The van der Waals surface area contributed by atoms with Gasteiger partial charge in [0, 0.05) is 18.2 Å². The van der Waals surface area contributed by atoms with Crippen molar-refractivity contribution in [1.82, 2.24) is 9.97 Å². The van der Waals surface area contributed by atoms with Gasteiger partial charge in [-0.2, -0.15) is 0 Å². The van der Waals surface area contributed by atoms with Crippen LogP contribution in [0.3, 0.4) is 0 Å². The second-order valence-electron chi connectivity index (χ2n) is 5.07. The van der Waals surface area contributed by atoms with E-state index < -0.39 is 0 Å². The smallest absolute Gasteiger partial charge is 0.231 e. The van der Waals surface area contributed by atoms with Gasteiger partial charge in [0.2, 0.25) is 5.91 Å². The number of carbonyl (C=O) groups is 1. The first-order valence-electron chi connectivity index (χ1n) is 7.11. The number of aromatic nitrogens is 2. The molecule has 1 saturated heterocycles. The maximum Gasteiger partial charge on any atom is 0.231 e. The molecule has 0 saturated carbocycles. The number of amides is 1. The van der Waals surface area contributed by atoms with Crippen LogP contribution in [0.25, 0.3) is 11.3 Å². The number of hydrogen-bond donors (Lipinski definition) is 1. The summed E-state index contributed by atoms with van der Waals surface area (Å²) in [5.41, 5.74) is 1.68. The Morgan fingerprint density at radius 1 is 1.32 bits per heavy atom. The molecule has 0 radical (unpaired) electrons. The fraction of sp³-hybridized carbons (Fsp3) is 0.312. The van der Waals surface area contributed by atoms with Gasteiger partial charge in [-0.15, -0.1) is 0 Å². The van der Waals surface area contributed by atoms with Gasteiger partial charge >= 0.3 is 0 Å². The van der Waals surface area contributed by atoms with Crippen LogP contribution in [0.5, 0.6) is 5.75 Å². The van der Waals surface area contributed by atoms with Crippen LogP contribution in [-0.4, -0.2) is 36.2 Å².